The molecule has 0 bridgehead atoms. The lowest BCUT2D eigenvalue weighted by atomic mass is 9.61. The van der Waals surface area contributed by atoms with Crippen LogP contribution in [0.25, 0.3) is 0 Å². The molecule has 0 saturated heterocycles. The first kappa shape index (κ1) is 32.4. The first-order valence-electron chi connectivity index (χ1n) is 17.4. The predicted molar refractivity (Wildman–Crippen MR) is 184 cm³/mol. The summed E-state index contributed by atoms with van der Waals surface area (Å²) < 4.78 is 31.5. The van der Waals surface area contributed by atoms with E-state index in [1.807, 2.05) is 12.1 Å². The van der Waals surface area contributed by atoms with Gasteiger partial charge in [-0.1, -0.05) is 67.2 Å². The Morgan fingerprint density at radius 1 is 0.979 bits per heavy atom. The van der Waals surface area contributed by atoms with Crippen LogP contribution < -0.4 is 4.74 Å². The molecule has 0 amide bonds. The summed E-state index contributed by atoms with van der Waals surface area (Å²) in [5, 5.41) is 9.26. The minimum Gasteiger partial charge on any atom is -0.497 e. The average Bonchev–Trinajstić information content (AvgIpc) is 3.35. The van der Waals surface area contributed by atoms with Crippen LogP contribution in [0, 0.1) is 29.6 Å². The second kappa shape index (κ2) is 13.0. The van der Waals surface area contributed by atoms with Gasteiger partial charge in [0.05, 0.1) is 45.2 Å². The number of benzene rings is 1. The lowest BCUT2D eigenvalue weighted by Crippen LogP contribution is -2.47. The van der Waals surface area contributed by atoms with E-state index in [4.69, 9.17) is 23.7 Å². The number of ether oxygens (including phenoxy) is 5. The van der Waals surface area contributed by atoms with Crippen LogP contribution in [0.3, 0.4) is 0 Å². The van der Waals surface area contributed by atoms with Crippen molar-refractivity contribution < 1.29 is 28.8 Å². The van der Waals surface area contributed by atoms with Crippen LogP contribution in [-0.4, -0.2) is 57.5 Å². The molecule has 250 valence electrons. The van der Waals surface area contributed by atoms with Gasteiger partial charge in [-0.05, 0) is 86.3 Å². The van der Waals surface area contributed by atoms with E-state index in [9.17, 15) is 5.11 Å². The molecule has 1 aliphatic heterocycles. The Labute approximate surface area is 280 Å². The van der Waals surface area contributed by atoms with E-state index in [1.54, 1.807) is 14.2 Å². The molecular weight excluding hydrogens is 588 g/mol. The molecule has 1 aromatic carbocycles. The summed E-state index contributed by atoms with van der Waals surface area (Å²) in [7, 11) is 3.50. The third kappa shape index (κ3) is 5.51. The van der Waals surface area contributed by atoms with Gasteiger partial charge in [0, 0.05) is 36.0 Å². The molecule has 6 aliphatic rings. The van der Waals surface area contributed by atoms with E-state index in [1.165, 1.54) is 27.9 Å². The normalized spacial score (nSPS) is 35.4. The van der Waals surface area contributed by atoms with E-state index in [0.717, 1.165) is 42.8 Å². The van der Waals surface area contributed by atoms with Gasteiger partial charge in [0.25, 0.3) is 0 Å². The van der Waals surface area contributed by atoms with Crippen LogP contribution in [0.5, 0.6) is 5.75 Å². The SMILES string of the molecule is COc1ccc(C2(C3C=CC(OC)CC3)C=CC3=C(O2)C2=CC(C)=CCC2C2C4=C(CC(C)C=C4)C(C)(OCCOCCO)C32)cc1. The predicted octanol–water partition coefficient (Wildman–Crippen LogP) is 7.54. The van der Waals surface area contributed by atoms with E-state index in [2.05, 4.69) is 81.5 Å². The fourth-order valence-electron chi connectivity index (χ4n) is 9.20. The Morgan fingerprint density at radius 3 is 2.53 bits per heavy atom. The molecule has 47 heavy (non-hydrogen) atoms. The summed E-state index contributed by atoms with van der Waals surface area (Å²) >= 11 is 0. The Bertz CT molecular complexity index is 1570. The van der Waals surface area contributed by atoms with E-state index >= 15 is 0 Å². The number of fused-ring (bicyclic) bond motifs is 6. The lowest BCUT2D eigenvalue weighted by Gasteiger charge is -2.50. The molecule has 8 atom stereocenters. The largest absolute Gasteiger partial charge is 0.497 e. The first-order chi connectivity index (χ1) is 22.8. The van der Waals surface area contributed by atoms with Crippen LogP contribution in [-0.2, 0) is 24.5 Å². The van der Waals surface area contributed by atoms with Crippen molar-refractivity contribution in [2.75, 3.05) is 40.6 Å². The topological polar surface area (TPSA) is 66.4 Å². The molecule has 1 aromatic rings. The molecule has 1 heterocycles. The molecule has 0 spiro atoms. The molecule has 0 aromatic heterocycles. The summed E-state index contributed by atoms with van der Waals surface area (Å²) in [6.45, 7) is 8.07. The van der Waals surface area contributed by atoms with Gasteiger partial charge in [-0.25, -0.2) is 0 Å². The number of aliphatic hydroxyl groups excluding tert-OH is 1. The Morgan fingerprint density at radius 2 is 1.81 bits per heavy atom. The Balaban J connectivity index is 1.36. The van der Waals surface area contributed by atoms with E-state index < -0.39 is 11.2 Å². The number of aliphatic hydroxyl groups is 1. The second-order valence-electron chi connectivity index (χ2n) is 14.2. The monoisotopic (exact) mass is 638 g/mol. The summed E-state index contributed by atoms with van der Waals surface area (Å²) in [5.74, 6) is 3.14. The molecule has 0 radical (unpaired) electrons. The van der Waals surface area contributed by atoms with Crippen molar-refractivity contribution in [2.45, 2.75) is 63.8 Å². The number of methoxy groups -OCH3 is 2. The Kier molecular flexibility index (Phi) is 8.99. The molecule has 7 rings (SSSR count). The van der Waals surface area contributed by atoms with Crippen LogP contribution in [0.15, 0.2) is 106 Å². The van der Waals surface area contributed by atoms with Crippen LogP contribution >= 0.6 is 0 Å². The van der Waals surface area contributed by atoms with Gasteiger partial charge in [0.2, 0.25) is 0 Å². The summed E-state index contributed by atoms with van der Waals surface area (Å²) in [4.78, 5) is 0. The number of rotatable bonds is 10. The van der Waals surface area contributed by atoms with Crippen molar-refractivity contribution >= 4 is 0 Å². The molecule has 6 heteroatoms. The van der Waals surface area contributed by atoms with E-state index in [-0.39, 0.29) is 24.5 Å². The first-order valence-corrected chi connectivity index (χ1v) is 17.4. The van der Waals surface area contributed by atoms with Gasteiger partial charge in [0.15, 0.2) is 5.60 Å². The maximum absolute atomic E-state index is 9.26. The highest BCUT2D eigenvalue weighted by atomic mass is 16.5. The maximum atomic E-state index is 9.26. The lowest BCUT2D eigenvalue weighted by molar-refractivity contribution is -0.0729. The zero-order valence-corrected chi connectivity index (χ0v) is 28.5. The molecule has 0 fully saturated rings. The number of allylic oxidation sites excluding steroid dienone is 8. The Hall–Kier alpha value is -3.16. The van der Waals surface area contributed by atoms with Gasteiger partial charge in [-0.15, -0.1) is 0 Å². The quantitative estimate of drug-likeness (QED) is 0.211. The number of hydrogen-bond donors (Lipinski definition) is 1. The molecule has 5 aliphatic carbocycles. The zero-order valence-electron chi connectivity index (χ0n) is 28.5. The van der Waals surface area contributed by atoms with Gasteiger partial charge in [0.1, 0.15) is 11.5 Å². The van der Waals surface area contributed by atoms with Crippen LogP contribution in [0.4, 0.5) is 0 Å². The summed E-state index contributed by atoms with van der Waals surface area (Å²) in [6, 6.07) is 8.41. The van der Waals surface area contributed by atoms with Crippen molar-refractivity contribution in [2.24, 2.45) is 29.6 Å². The number of hydrogen-bond acceptors (Lipinski definition) is 6. The van der Waals surface area contributed by atoms with Gasteiger partial charge >= 0.3 is 0 Å². The smallest absolute Gasteiger partial charge is 0.159 e. The molecule has 6 nitrogen and oxygen atoms in total. The van der Waals surface area contributed by atoms with Gasteiger partial charge in [-0.3, -0.25) is 0 Å². The fourth-order valence-corrected chi connectivity index (χ4v) is 9.20. The molecule has 8 unspecified atom stereocenters. The van der Waals surface area contributed by atoms with Crippen molar-refractivity contribution in [1.82, 2.24) is 0 Å². The van der Waals surface area contributed by atoms with E-state index in [0.29, 0.717) is 37.6 Å². The second-order valence-corrected chi connectivity index (χ2v) is 14.2. The van der Waals surface area contributed by atoms with Crippen LogP contribution in [0.2, 0.25) is 0 Å². The third-order valence-electron chi connectivity index (χ3n) is 11.5. The summed E-state index contributed by atoms with van der Waals surface area (Å²) in [6.07, 6.45) is 22.8. The molecule has 1 N–H and O–H groups in total. The highest BCUT2D eigenvalue weighted by Crippen LogP contribution is 2.64. The average molecular weight is 639 g/mol. The highest BCUT2D eigenvalue weighted by molar-refractivity contribution is 5.60. The maximum Gasteiger partial charge on any atom is 0.159 e. The highest BCUT2D eigenvalue weighted by Gasteiger charge is 2.60. The van der Waals surface area contributed by atoms with Crippen molar-refractivity contribution in [3.63, 3.8) is 0 Å². The third-order valence-corrected chi connectivity index (χ3v) is 11.5. The van der Waals surface area contributed by atoms with Crippen LogP contribution in [0.1, 0.15) is 52.0 Å². The van der Waals surface area contributed by atoms with Gasteiger partial charge < -0.3 is 28.8 Å². The zero-order chi connectivity index (χ0) is 32.8. The fraction of sp³-hybridized carbons (Fsp3) is 0.512. The summed E-state index contributed by atoms with van der Waals surface area (Å²) in [5.41, 5.74) is 6.64. The standard InChI is InChI=1S/C41H50O6/c1-26-6-16-32-35(24-26)39-34(38-37(32)33-17-7-27(2)25-36(33)40(38,3)46-23-22-45-21-20-42)18-19-41(47-39,28-8-12-30(43-4)13-9-28)29-10-14-31(44-5)15-11-29/h6-10,12-14,17-19,24,27,29,31-32,37-38,42H,11,15-16,20-23,25H2,1-5H3. The molecule has 0 saturated carbocycles. The minimum absolute atomic E-state index is 0.0138. The van der Waals surface area contributed by atoms with Gasteiger partial charge in [-0.2, -0.15) is 0 Å². The van der Waals surface area contributed by atoms with Crippen molar-refractivity contribution in [3.05, 3.63) is 112 Å². The van der Waals surface area contributed by atoms with Crippen molar-refractivity contribution in [3.8, 4) is 5.75 Å². The minimum atomic E-state index is -0.678. The molecular formula is C41H50O6. The van der Waals surface area contributed by atoms with Crippen molar-refractivity contribution in [1.29, 1.82) is 0 Å².